The number of aliphatic carboxylic acids is 2. The maximum Gasteiger partial charge on any atom is 0.303 e. The molecule has 6 rings (SSSR count). The Morgan fingerprint density at radius 1 is 0.571 bits per heavy atom. The van der Waals surface area contributed by atoms with E-state index in [1.54, 1.807) is 54.6 Å². The molecule has 0 aliphatic heterocycles. The third kappa shape index (κ3) is 11.9. The number of aryl methyl sites for hydroxylation is 4. The van der Waals surface area contributed by atoms with E-state index in [2.05, 4.69) is 10.6 Å². The van der Waals surface area contributed by atoms with Crippen molar-refractivity contribution in [2.24, 2.45) is 11.5 Å². The highest BCUT2D eigenvalue weighted by Gasteiger charge is 2.18. The minimum Gasteiger partial charge on any atom is -0.481 e. The van der Waals surface area contributed by atoms with Crippen LogP contribution < -0.4 is 22.1 Å². The second-order valence-electron chi connectivity index (χ2n) is 14.5. The van der Waals surface area contributed by atoms with Crippen LogP contribution in [0.15, 0.2) is 109 Å². The smallest absolute Gasteiger partial charge is 0.303 e. The van der Waals surface area contributed by atoms with Gasteiger partial charge in [-0.25, -0.2) is 0 Å². The van der Waals surface area contributed by atoms with Gasteiger partial charge in [0.05, 0.1) is 24.2 Å². The highest BCUT2D eigenvalue weighted by molar-refractivity contribution is 5.94. The minimum absolute atomic E-state index is 0.00760. The van der Waals surface area contributed by atoms with Crippen LogP contribution >= 0.6 is 0 Å². The quantitative estimate of drug-likeness (QED) is 0.0593. The monoisotopic (exact) mass is 856 g/mol. The van der Waals surface area contributed by atoms with E-state index in [0.29, 0.717) is 35.3 Å². The number of aliphatic hydroxyl groups excluding tert-OH is 1. The van der Waals surface area contributed by atoms with Gasteiger partial charge in [-0.3, -0.25) is 28.8 Å². The number of carbonyl (C=O) groups excluding carboxylic acids is 4. The number of nitrogens with one attached hydrogen (secondary N) is 2. The summed E-state index contributed by atoms with van der Waals surface area (Å²) in [4.78, 5) is 68.4. The van der Waals surface area contributed by atoms with Gasteiger partial charge < -0.3 is 51.3 Å². The summed E-state index contributed by atoms with van der Waals surface area (Å²) in [7, 11) is 1.46. The predicted molar refractivity (Wildman–Crippen MR) is 237 cm³/mol. The normalized spacial score (nSPS) is 10.7. The average Bonchev–Trinajstić information content (AvgIpc) is 3.87. The SMILES string of the molecule is COCC(=O)Nc1ccc(-c2ccc(CCC(=O)O)n2-c2ccc(C(N)=O)cc2C)cc1.Cc1cc(C(N)=O)ccc1-n1c(CCC(=O)O)ccc1-c1ccc(NC(=O)CO)cc1. The number of primary amides is 2. The number of hydrogen-bond acceptors (Lipinski definition) is 8. The largest absolute Gasteiger partial charge is 0.481 e. The highest BCUT2D eigenvalue weighted by Crippen LogP contribution is 2.32. The van der Waals surface area contributed by atoms with E-state index in [-0.39, 0.29) is 25.4 Å². The molecule has 0 saturated heterocycles. The number of aliphatic hydroxyl groups is 1. The van der Waals surface area contributed by atoms with Crippen molar-refractivity contribution < 1.29 is 48.8 Å². The second kappa shape index (κ2) is 21.1. The van der Waals surface area contributed by atoms with E-state index in [4.69, 9.17) is 31.5 Å². The van der Waals surface area contributed by atoms with Crippen LogP contribution in [0.2, 0.25) is 0 Å². The number of hydrogen-bond donors (Lipinski definition) is 7. The first-order valence-electron chi connectivity index (χ1n) is 19.7. The first-order valence-corrected chi connectivity index (χ1v) is 19.7. The van der Waals surface area contributed by atoms with E-state index in [9.17, 15) is 28.8 Å². The van der Waals surface area contributed by atoms with E-state index in [1.165, 1.54) is 7.11 Å². The van der Waals surface area contributed by atoms with Gasteiger partial charge in [-0.1, -0.05) is 24.3 Å². The summed E-state index contributed by atoms with van der Waals surface area (Å²) in [6, 6.07) is 32.4. The Bertz CT molecular complexity index is 2650. The molecule has 326 valence electrons. The molecule has 0 aliphatic rings. The van der Waals surface area contributed by atoms with Crippen LogP contribution in [-0.4, -0.2) is 80.3 Å². The van der Waals surface area contributed by atoms with E-state index in [1.807, 2.05) is 77.6 Å². The van der Waals surface area contributed by atoms with Crippen LogP contribution in [-0.2, 0) is 36.8 Å². The summed E-state index contributed by atoms with van der Waals surface area (Å²) in [5, 5.41) is 32.5. The third-order valence-corrected chi connectivity index (χ3v) is 9.91. The number of rotatable bonds is 17. The van der Waals surface area contributed by atoms with Gasteiger partial charge in [0.15, 0.2) is 0 Å². The maximum atomic E-state index is 11.7. The molecule has 9 N–H and O–H groups in total. The van der Waals surface area contributed by atoms with E-state index >= 15 is 0 Å². The van der Waals surface area contributed by atoms with Crippen LogP contribution in [0.3, 0.4) is 0 Å². The molecular formula is C47H48N6O10. The molecule has 4 aromatic carbocycles. The van der Waals surface area contributed by atoms with Crippen molar-refractivity contribution in [3.8, 4) is 33.9 Å². The Hall–Kier alpha value is -7.82. The molecular weight excluding hydrogens is 809 g/mol. The van der Waals surface area contributed by atoms with Crippen molar-refractivity contribution in [2.45, 2.75) is 39.5 Å². The van der Waals surface area contributed by atoms with Gasteiger partial charge in [-0.2, -0.15) is 0 Å². The van der Waals surface area contributed by atoms with Crippen molar-refractivity contribution >= 4 is 46.9 Å². The zero-order valence-corrected chi connectivity index (χ0v) is 34.9. The molecule has 0 radical (unpaired) electrons. The number of aromatic nitrogens is 2. The van der Waals surface area contributed by atoms with Gasteiger partial charge >= 0.3 is 11.9 Å². The van der Waals surface area contributed by atoms with Gasteiger partial charge in [0.2, 0.25) is 23.6 Å². The number of nitrogens with two attached hydrogens (primary N) is 2. The standard InChI is InChI=1S/C24H25N3O5.C23H23N3O5/c1-15-13-17(24(25)31)5-10-20(15)27-19(9-12-23(29)30)8-11-21(27)16-3-6-18(7-4-16)26-22(28)14-32-2;1-14-12-16(23(24)31)4-9-19(14)26-18(8-11-22(29)30)7-10-20(26)15-2-5-17(6-3-15)25-21(28)13-27/h3-8,10-11,13H,9,12,14H2,1-2H3,(H2,25,31)(H,26,28)(H,29,30);2-7,9-10,12,27H,8,11,13H2,1H3,(H2,24,31)(H,25,28)(H,29,30). The summed E-state index contributed by atoms with van der Waals surface area (Å²) in [6.45, 7) is 3.11. The third-order valence-electron chi connectivity index (χ3n) is 9.91. The molecule has 16 heteroatoms. The van der Waals surface area contributed by atoms with Gasteiger partial charge in [0.25, 0.3) is 0 Å². The lowest BCUT2D eigenvalue weighted by atomic mass is 10.1. The molecule has 2 heterocycles. The van der Waals surface area contributed by atoms with Gasteiger partial charge in [-0.15, -0.1) is 0 Å². The fraction of sp³-hybridized carbons (Fsp3) is 0.191. The highest BCUT2D eigenvalue weighted by atomic mass is 16.5. The van der Waals surface area contributed by atoms with Gasteiger partial charge in [0, 0.05) is 52.4 Å². The van der Waals surface area contributed by atoms with Crippen molar-refractivity contribution in [3.05, 3.63) is 143 Å². The molecule has 0 saturated carbocycles. The Kier molecular flexibility index (Phi) is 15.5. The number of carboxylic acid groups (broad SMARTS) is 2. The number of ether oxygens (including phenoxy) is 1. The van der Waals surface area contributed by atoms with Crippen molar-refractivity contribution in [3.63, 3.8) is 0 Å². The summed E-state index contributed by atoms with van der Waals surface area (Å²) >= 11 is 0. The molecule has 16 nitrogen and oxygen atoms in total. The molecule has 0 aliphatic carbocycles. The number of anilines is 2. The van der Waals surface area contributed by atoms with Gasteiger partial charge in [-0.05, 0) is 134 Å². The number of benzene rings is 4. The molecule has 2 aromatic heterocycles. The first kappa shape index (κ1) is 46.2. The molecule has 0 unspecified atom stereocenters. The molecule has 63 heavy (non-hydrogen) atoms. The average molecular weight is 857 g/mol. The Morgan fingerprint density at radius 3 is 1.30 bits per heavy atom. The fourth-order valence-electron chi connectivity index (χ4n) is 6.93. The van der Waals surface area contributed by atoms with Crippen LogP contribution in [0.25, 0.3) is 33.9 Å². The van der Waals surface area contributed by atoms with Crippen molar-refractivity contribution in [1.82, 2.24) is 9.13 Å². The molecule has 6 aromatic rings. The molecule has 0 bridgehead atoms. The maximum absolute atomic E-state index is 11.7. The minimum atomic E-state index is -0.890. The Morgan fingerprint density at radius 2 is 0.968 bits per heavy atom. The summed E-state index contributed by atoms with van der Waals surface area (Å²) < 4.78 is 8.77. The molecule has 4 amide bonds. The lowest BCUT2D eigenvalue weighted by Gasteiger charge is -2.17. The number of carboxylic acids is 2. The Labute approximate surface area is 362 Å². The first-order chi connectivity index (χ1) is 30.1. The molecule has 0 spiro atoms. The van der Waals surface area contributed by atoms with Gasteiger partial charge in [0.1, 0.15) is 13.2 Å². The van der Waals surface area contributed by atoms with Crippen molar-refractivity contribution in [1.29, 1.82) is 0 Å². The zero-order chi connectivity index (χ0) is 45.8. The van der Waals surface area contributed by atoms with Crippen LogP contribution in [0.4, 0.5) is 11.4 Å². The van der Waals surface area contributed by atoms with E-state index in [0.717, 1.165) is 56.4 Å². The molecule has 0 atom stereocenters. The number of carbonyl (C=O) groups is 6. The summed E-state index contributed by atoms with van der Waals surface area (Å²) in [5.41, 5.74) is 21.1. The number of nitrogens with zero attached hydrogens (tertiary/aromatic N) is 2. The zero-order valence-electron chi connectivity index (χ0n) is 34.9. The number of amides is 4. The summed E-state index contributed by atoms with van der Waals surface area (Å²) in [6.07, 6.45) is 0.648. The topological polar surface area (TPSA) is 258 Å². The molecule has 0 fully saturated rings. The summed E-state index contributed by atoms with van der Waals surface area (Å²) in [5.74, 6) is -3.55. The fourth-order valence-corrected chi connectivity index (χ4v) is 6.93. The number of methoxy groups -OCH3 is 1. The Balaban J connectivity index is 0.000000238. The lowest BCUT2D eigenvalue weighted by Crippen LogP contribution is -2.16. The van der Waals surface area contributed by atoms with Crippen LogP contribution in [0, 0.1) is 13.8 Å². The van der Waals surface area contributed by atoms with Crippen LogP contribution in [0.5, 0.6) is 0 Å². The van der Waals surface area contributed by atoms with Crippen LogP contribution in [0.1, 0.15) is 56.1 Å². The lowest BCUT2D eigenvalue weighted by molar-refractivity contribution is -0.138. The van der Waals surface area contributed by atoms with E-state index < -0.39 is 36.3 Å². The van der Waals surface area contributed by atoms with Crippen molar-refractivity contribution in [2.75, 3.05) is 31.0 Å². The predicted octanol–water partition coefficient (Wildman–Crippen LogP) is 5.65. The second-order valence-corrected chi connectivity index (χ2v) is 14.5.